The molecule has 120 valence electrons. The molecule has 0 unspecified atom stereocenters. The van der Waals surface area contributed by atoms with Gasteiger partial charge in [0, 0.05) is 10.3 Å². The van der Waals surface area contributed by atoms with Crippen LogP contribution in [-0.4, -0.2) is 5.75 Å². The van der Waals surface area contributed by atoms with E-state index in [1.54, 1.807) is 0 Å². The molecular formula is C23H22S. The van der Waals surface area contributed by atoms with Crippen LogP contribution in [0.2, 0.25) is 0 Å². The highest BCUT2D eigenvalue weighted by Gasteiger charge is 2.11. The molecule has 4 rings (SSSR count). The van der Waals surface area contributed by atoms with Crippen molar-refractivity contribution in [2.75, 3.05) is 5.75 Å². The predicted octanol–water partition coefficient (Wildman–Crippen LogP) is 7.43. The van der Waals surface area contributed by atoms with E-state index in [0.29, 0.717) is 0 Å². The quantitative estimate of drug-likeness (QED) is 0.208. The third-order valence-electron chi connectivity index (χ3n) is 4.74. The molecule has 0 aliphatic heterocycles. The Labute approximate surface area is 147 Å². The summed E-state index contributed by atoms with van der Waals surface area (Å²) in [5, 5.41) is 8.26. The van der Waals surface area contributed by atoms with Crippen molar-refractivity contribution in [2.45, 2.75) is 31.1 Å². The molecule has 0 nitrogen and oxygen atoms in total. The molecule has 1 heteroatoms. The first-order valence-corrected chi connectivity index (χ1v) is 9.83. The van der Waals surface area contributed by atoms with E-state index in [9.17, 15) is 0 Å². The molecule has 0 saturated heterocycles. The van der Waals surface area contributed by atoms with Crippen LogP contribution in [0.25, 0.3) is 32.3 Å². The SMILES string of the molecule is CCCCCSc1cccc2c3ccccc3c3ccccc3c12. The molecule has 4 aromatic rings. The molecule has 0 amide bonds. The molecule has 0 aliphatic carbocycles. The van der Waals surface area contributed by atoms with Gasteiger partial charge in [0.05, 0.1) is 0 Å². The van der Waals surface area contributed by atoms with Gasteiger partial charge < -0.3 is 0 Å². The van der Waals surface area contributed by atoms with E-state index in [4.69, 9.17) is 0 Å². The van der Waals surface area contributed by atoms with Gasteiger partial charge in [-0.25, -0.2) is 0 Å². The number of unbranched alkanes of at least 4 members (excludes halogenated alkanes) is 2. The van der Waals surface area contributed by atoms with Crippen LogP contribution in [-0.2, 0) is 0 Å². The first-order valence-electron chi connectivity index (χ1n) is 8.85. The Morgan fingerprint density at radius 1 is 0.625 bits per heavy atom. The molecular weight excluding hydrogens is 308 g/mol. The summed E-state index contributed by atoms with van der Waals surface area (Å²) < 4.78 is 0. The predicted molar refractivity (Wildman–Crippen MR) is 109 cm³/mol. The maximum Gasteiger partial charge on any atom is 0.0157 e. The molecule has 24 heavy (non-hydrogen) atoms. The van der Waals surface area contributed by atoms with Crippen molar-refractivity contribution in [1.82, 2.24) is 0 Å². The van der Waals surface area contributed by atoms with Crippen molar-refractivity contribution in [1.29, 1.82) is 0 Å². The molecule has 0 aromatic heterocycles. The highest BCUT2D eigenvalue weighted by Crippen LogP contribution is 2.39. The van der Waals surface area contributed by atoms with Gasteiger partial charge in [0.25, 0.3) is 0 Å². The highest BCUT2D eigenvalue weighted by molar-refractivity contribution is 7.99. The van der Waals surface area contributed by atoms with Gasteiger partial charge in [-0.3, -0.25) is 0 Å². The van der Waals surface area contributed by atoms with Gasteiger partial charge in [-0.15, -0.1) is 11.8 Å². The van der Waals surface area contributed by atoms with Crippen LogP contribution in [0.1, 0.15) is 26.2 Å². The van der Waals surface area contributed by atoms with E-state index >= 15 is 0 Å². The molecule has 4 aromatic carbocycles. The smallest absolute Gasteiger partial charge is 0.0157 e. The monoisotopic (exact) mass is 330 g/mol. The van der Waals surface area contributed by atoms with Crippen molar-refractivity contribution in [3.63, 3.8) is 0 Å². The van der Waals surface area contributed by atoms with Gasteiger partial charge in [-0.2, -0.15) is 0 Å². The zero-order valence-electron chi connectivity index (χ0n) is 14.1. The van der Waals surface area contributed by atoms with Gasteiger partial charge in [0.2, 0.25) is 0 Å². The lowest BCUT2D eigenvalue weighted by Crippen LogP contribution is -1.87. The van der Waals surface area contributed by atoms with Crippen LogP contribution in [0.4, 0.5) is 0 Å². The molecule has 0 saturated carbocycles. The zero-order chi connectivity index (χ0) is 16.4. The molecule has 0 spiro atoms. The van der Waals surface area contributed by atoms with Crippen LogP contribution in [0.5, 0.6) is 0 Å². The van der Waals surface area contributed by atoms with Gasteiger partial charge in [0.15, 0.2) is 0 Å². The summed E-state index contributed by atoms with van der Waals surface area (Å²) in [6.45, 7) is 2.27. The van der Waals surface area contributed by atoms with Crippen molar-refractivity contribution in [2.24, 2.45) is 0 Å². The topological polar surface area (TPSA) is 0 Å². The Morgan fingerprint density at radius 3 is 1.79 bits per heavy atom. The number of hydrogen-bond acceptors (Lipinski definition) is 1. The Balaban J connectivity index is 1.99. The van der Waals surface area contributed by atoms with Gasteiger partial charge in [0.1, 0.15) is 0 Å². The van der Waals surface area contributed by atoms with E-state index in [1.165, 1.54) is 62.2 Å². The minimum Gasteiger partial charge on any atom is -0.125 e. The van der Waals surface area contributed by atoms with Gasteiger partial charge in [-0.1, -0.05) is 80.4 Å². The van der Waals surface area contributed by atoms with Crippen molar-refractivity contribution >= 4 is 44.1 Å². The second-order valence-electron chi connectivity index (χ2n) is 6.33. The number of thioether (sulfide) groups is 1. The van der Waals surface area contributed by atoms with Gasteiger partial charge in [-0.05, 0) is 45.2 Å². The largest absolute Gasteiger partial charge is 0.125 e. The van der Waals surface area contributed by atoms with Crippen LogP contribution in [0.3, 0.4) is 0 Å². The Bertz CT molecular complexity index is 956. The Hall–Kier alpha value is -1.99. The fourth-order valence-electron chi connectivity index (χ4n) is 3.58. The van der Waals surface area contributed by atoms with E-state index in [-0.39, 0.29) is 0 Å². The van der Waals surface area contributed by atoms with Gasteiger partial charge >= 0.3 is 0 Å². The fourth-order valence-corrected chi connectivity index (χ4v) is 4.68. The lowest BCUT2D eigenvalue weighted by Gasteiger charge is -2.13. The molecule has 0 N–H and O–H groups in total. The summed E-state index contributed by atoms with van der Waals surface area (Å²) in [5.41, 5.74) is 0. The Kier molecular flexibility index (Phi) is 4.44. The molecule has 0 fully saturated rings. The standard InChI is InChI=1S/C23H22S/c1-2-3-8-16-24-22-15-9-14-21-19-11-5-4-10-17(19)18-12-6-7-13-20(18)23(21)22/h4-7,9-15H,2-3,8,16H2,1H3. The molecule has 0 aliphatic rings. The highest BCUT2D eigenvalue weighted by atomic mass is 32.2. The zero-order valence-corrected chi connectivity index (χ0v) is 14.9. The Morgan fingerprint density at radius 2 is 1.17 bits per heavy atom. The summed E-state index contributed by atoms with van der Waals surface area (Å²) >= 11 is 2.01. The average Bonchev–Trinajstić information content (AvgIpc) is 2.65. The first-order chi connectivity index (χ1) is 11.9. The van der Waals surface area contributed by atoms with E-state index in [1.807, 2.05) is 11.8 Å². The van der Waals surface area contributed by atoms with Crippen LogP contribution in [0.15, 0.2) is 71.6 Å². The first kappa shape index (κ1) is 15.5. The summed E-state index contributed by atoms with van der Waals surface area (Å²) in [7, 11) is 0. The average molecular weight is 330 g/mol. The maximum absolute atomic E-state index is 2.29. The molecule has 0 atom stereocenters. The van der Waals surface area contributed by atoms with E-state index < -0.39 is 0 Å². The summed E-state index contributed by atoms with van der Waals surface area (Å²) in [6.07, 6.45) is 3.90. The number of benzene rings is 4. The lowest BCUT2D eigenvalue weighted by molar-refractivity contribution is 0.778. The second-order valence-corrected chi connectivity index (χ2v) is 7.46. The fraction of sp³-hybridized carbons (Fsp3) is 0.217. The van der Waals surface area contributed by atoms with Crippen LogP contribution < -0.4 is 0 Å². The van der Waals surface area contributed by atoms with Crippen molar-refractivity contribution in [3.05, 3.63) is 66.7 Å². The van der Waals surface area contributed by atoms with Crippen LogP contribution in [0, 0.1) is 0 Å². The molecule has 0 bridgehead atoms. The minimum absolute atomic E-state index is 1.20. The number of hydrogen-bond donors (Lipinski definition) is 0. The maximum atomic E-state index is 2.29. The summed E-state index contributed by atoms with van der Waals surface area (Å²) in [5.74, 6) is 1.20. The summed E-state index contributed by atoms with van der Waals surface area (Å²) in [4.78, 5) is 1.42. The molecule has 0 heterocycles. The summed E-state index contributed by atoms with van der Waals surface area (Å²) in [6, 6.07) is 24.4. The van der Waals surface area contributed by atoms with Crippen LogP contribution >= 0.6 is 11.8 Å². The van der Waals surface area contributed by atoms with E-state index in [2.05, 4.69) is 73.7 Å². The number of rotatable bonds is 5. The molecule has 0 radical (unpaired) electrons. The normalized spacial score (nSPS) is 11.5. The minimum atomic E-state index is 1.20. The number of fused-ring (bicyclic) bond motifs is 6. The van der Waals surface area contributed by atoms with Crippen molar-refractivity contribution < 1.29 is 0 Å². The lowest BCUT2D eigenvalue weighted by atomic mass is 9.94. The van der Waals surface area contributed by atoms with E-state index in [0.717, 1.165) is 0 Å². The van der Waals surface area contributed by atoms with Crippen molar-refractivity contribution in [3.8, 4) is 0 Å². The second kappa shape index (κ2) is 6.86. The third-order valence-corrected chi connectivity index (χ3v) is 5.88. The third kappa shape index (κ3) is 2.67.